The van der Waals surface area contributed by atoms with E-state index in [1.165, 1.54) is 12.4 Å². The Morgan fingerprint density at radius 2 is 2.39 bits per heavy atom. The Morgan fingerprint density at radius 3 is 2.89 bits per heavy atom. The highest BCUT2D eigenvalue weighted by molar-refractivity contribution is 7.89. The summed E-state index contributed by atoms with van der Waals surface area (Å²) in [5, 5.41) is 9.12. The normalized spacial score (nSPS) is 20.4. The van der Waals surface area contributed by atoms with Crippen molar-refractivity contribution in [2.45, 2.75) is 17.4 Å². The topological polar surface area (TPSA) is 121 Å². The van der Waals surface area contributed by atoms with E-state index >= 15 is 0 Å². The first-order valence-corrected chi connectivity index (χ1v) is 6.95. The molecule has 9 heteroatoms. The van der Waals surface area contributed by atoms with Gasteiger partial charge in [-0.1, -0.05) is 0 Å². The number of primary amides is 1. The van der Waals surface area contributed by atoms with Crippen molar-refractivity contribution in [3.63, 3.8) is 0 Å². The molecule has 0 bridgehead atoms. The predicted octanol–water partition coefficient (Wildman–Crippen LogP) is -1.75. The third kappa shape index (κ3) is 2.52. The zero-order chi connectivity index (χ0) is 13.2. The van der Waals surface area contributed by atoms with Crippen LogP contribution in [-0.2, 0) is 14.8 Å². The minimum absolute atomic E-state index is 0.0376. The van der Waals surface area contributed by atoms with Gasteiger partial charge in [-0.3, -0.25) is 9.89 Å². The van der Waals surface area contributed by atoms with Crippen LogP contribution in [0.3, 0.4) is 0 Å². The van der Waals surface area contributed by atoms with Crippen LogP contribution in [0.5, 0.6) is 0 Å². The van der Waals surface area contributed by atoms with E-state index in [2.05, 4.69) is 15.5 Å². The predicted molar refractivity (Wildman–Crippen MR) is 62.9 cm³/mol. The molecule has 1 aromatic heterocycles. The molecule has 2 rings (SSSR count). The minimum Gasteiger partial charge on any atom is -0.369 e. The van der Waals surface area contributed by atoms with Gasteiger partial charge in [0, 0.05) is 18.8 Å². The summed E-state index contributed by atoms with van der Waals surface area (Å²) in [4.78, 5) is 11.1. The van der Waals surface area contributed by atoms with Crippen LogP contribution in [0.1, 0.15) is 6.42 Å². The lowest BCUT2D eigenvalue weighted by Gasteiger charge is -2.25. The minimum atomic E-state index is -3.74. The molecule has 4 N–H and O–H groups in total. The SMILES string of the molecule is NC(=O)CN(C1CCNC1)S(=O)(=O)c1cn[nH]c1. The van der Waals surface area contributed by atoms with Gasteiger partial charge in [0.15, 0.2) is 0 Å². The molecular formula is C9H15N5O3S. The lowest BCUT2D eigenvalue weighted by Crippen LogP contribution is -2.45. The molecule has 18 heavy (non-hydrogen) atoms. The Balaban J connectivity index is 2.30. The molecule has 1 fully saturated rings. The van der Waals surface area contributed by atoms with Gasteiger partial charge in [-0.15, -0.1) is 0 Å². The Bertz CT molecular complexity index is 506. The first-order valence-electron chi connectivity index (χ1n) is 5.51. The van der Waals surface area contributed by atoms with E-state index in [-0.39, 0.29) is 17.5 Å². The summed E-state index contributed by atoms with van der Waals surface area (Å²) < 4.78 is 25.8. The molecule has 1 aliphatic rings. The molecule has 0 saturated carbocycles. The van der Waals surface area contributed by atoms with Gasteiger partial charge in [0.05, 0.1) is 12.7 Å². The largest absolute Gasteiger partial charge is 0.369 e. The molecule has 0 aliphatic carbocycles. The maximum absolute atomic E-state index is 12.3. The monoisotopic (exact) mass is 273 g/mol. The first-order chi connectivity index (χ1) is 8.51. The third-order valence-electron chi connectivity index (χ3n) is 2.83. The molecule has 1 aliphatic heterocycles. The Labute approximate surface area is 105 Å². The quantitative estimate of drug-likeness (QED) is 0.587. The fourth-order valence-corrected chi connectivity index (χ4v) is 3.49. The second-order valence-electron chi connectivity index (χ2n) is 4.10. The van der Waals surface area contributed by atoms with Crippen LogP contribution in [0.15, 0.2) is 17.3 Å². The summed E-state index contributed by atoms with van der Waals surface area (Å²) in [7, 11) is -3.74. The van der Waals surface area contributed by atoms with Gasteiger partial charge in [-0.25, -0.2) is 8.42 Å². The number of sulfonamides is 1. The Morgan fingerprint density at radius 1 is 1.61 bits per heavy atom. The van der Waals surface area contributed by atoms with E-state index in [0.717, 1.165) is 10.8 Å². The molecule has 0 spiro atoms. The number of carbonyl (C=O) groups is 1. The fraction of sp³-hybridized carbons (Fsp3) is 0.556. The van der Waals surface area contributed by atoms with Crippen molar-refractivity contribution in [3.05, 3.63) is 12.4 Å². The van der Waals surface area contributed by atoms with Gasteiger partial charge in [0.1, 0.15) is 4.90 Å². The van der Waals surface area contributed by atoms with Crippen LogP contribution in [-0.4, -0.2) is 54.5 Å². The van der Waals surface area contributed by atoms with E-state index in [4.69, 9.17) is 5.73 Å². The van der Waals surface area contributed by atoms with Crippen molar-refractivity contribution in [2.24, 2.45) is 5.73 Å². The number of H-pyrrole nitrogens is 1. The van der Waals surface area contributed by atoms with Crippen molar-refractivity contribution in [3.8, 4) is 0 Å². The molecule has 100 valence electrons. The first kappa shape index (κ1) is 13.0. The van der Waals surface area contributed by atoms with Crippen molar-refractivity contribution in [2.75, 3.05) is 19.6 Å². The highest BCUT2D eigenvalue weighted by Crippen LogP contribution is 2.19. The number of amides is 1. The Hall–Kier alpha value is -1.45. The number of aromatic nitrogens is 2. The summed E-state index contributed by atoms with van der Waals surface area (Å²) >= 11 is 0. The van der Waals surface area contributed by atoms with Crippen LogP contribution in [0.2, 0.25) is 0 Å². The molecule has 0 aromatic carbocycles. The second kappa shape index (κ2) is 5.04. The number of carbonyl (C=O) groups excluding carboxylic acids is 1. The number of nitrogens with two attached hydrogens (primary N) is 1. The van der Waals surface area contributed by atoms with E-state index in [9.17, 15) is 13.2 Å². The van der Waals surface area contributed by atoms with Crippen LogP contribution in [0.4, 0.5) is 0 Å². The van der Waals surface area contributed by atoms with Crippen LogP contribution < -0.4 is 11.1 Å². The van der Waals surface area contributed by atoms with Crippen molar-refractivity contribution < 1.29 is 13.2 Å². The third-order valence-corrected chi connectivity index (χ3v) is 4.70. The molecule has 1 unspecified atom stereocenters. The summed E-state index contributed by atoms with van der Waals surface area (Å²) in [6.07, 6.45) is 3.15. The van der Waals surface area contributed by atoms with Crippen molar-refractivity contribution in [1.29, 1.82) is 0 Å². The van der Waals surface area contributed by atoms with Gasteiger partial charge in [-0.2, -0.15) is 9.40 Å². The standard InChI is InChI=1S/C9H15N5O3S/c10-9(15)6-14(7-1-2-11-3-7)18(16,17)8-4-12-13-5-8/h4-5,7,11H,1-3,6H2,(H2,10,15)(H,12,13). The Kier molecular flexibility index (Phi) is 3.64. The summed E-state index contributed by atoms with van der Waals surface area (Å²) in [6, 6.07) is -0.252. The average Bonchev–Trinajstić information content (AvgIpc) is 2.98. The van der Waals surface area contributed by atoms with Gasteiger partial charge >= 0.3 is 0 Å². The maximum Gasteiger partial charge on any atom is 0.246 e. The van der Waals surface area contributed by atoms with Gasteiger partial charge < -0.3 is 11.1 Å². The number of aromatic amines is 1. The number of nitrogens with zero attached hydrogens (tertiary/aromatic N) is 2. The van der Waals surface area contributed by atoms with Crippen molar-refractivity contribution in [1.82, 2.24) is 19.8 Å². The zero-order valence-corrected chi connectivity index (χ0v) is 10.5. The van der Waals surface area contributed by atoms with Crippen LogP contribution in [0, 0.1) is 0 Å². The zero-order valence-electron chi connectivity index (χ0n) is 9.67. The van der Waals surface area contributed by atoms with E-state index in [0.29, 0.717) is 13.0 Å². The highest BCUT2D eigenvalue weighted by Gasteiger charge is 2.34. The molecular weight excluding hydrogens is 258 g/mol. The summed E-state index contributed by atoms with van der Waals surface area (Å²) in [6.45, 7) is 0.922. The van der Waals surface area contributed by atoms with Gasteiger partial charge in [-0.05, 0) is 13.0 Å². The summed E-state index contributed by atoms with van der Waals surface area (Å²) in [5.74, 6) is -0.672. The molecule has 1 saturated heterocycles. The van der Waals surface area contributed by atoms with E-state index in [1.807, 2.05) is 0 Å². The van der Waals surface area contributed by atoms with Crippen LogP contribution in [0.25, 0.3) is 0 Å². The lowest BCUT2D eigenvalue weighted by atomic mass is 10.2. The number of rotatable bonds is 5. The maximum atomic E-state index is 12.3. The number of hydrogen-bond donors (Lipinski definition) is 3. The van der Waals surface area contributed by atoms with Crippen molar-refractivity contribution >= 4 is 15.9 Å². The smallest absolute Gasteiger partial charge is 0.246 e. The molecule has 1 aromatic rings. The number of nitrogens with one attached hydrogen (secondary N) is 2. The molecule has 1 atom stereocenters. The molecule has 8 nitrogen and oxygen atoms in total. The van der Waals surface area contributed by atoms with Gasteiger partial charge in [0.2, 0.25) is 15.9 Å². The highest BCUT2D eigenvalue weighted by atomic mass is 32.2. The van der Waals surface area contributed by atoms with Gasteiger partial charge in [0.25, 0.3) is 0 Å². The molecule has 0 radical (unpaired) electrons. The van der Waals surface area contributed by atoms with E-state index < -0.39 is 15.9 Å². The summed E-state index contributed by atoms with van der Waals surface area (Å²) in [5.41, 5.74) is 5.12. The second-order valence-corrected chi connectivity index (χ2v) is 5.99. The van der Waals surface area contributed by atoms with E-state index in [1.54, 1.807) is 0 Å². The van der Waals surface area contributed by atoms with Crippen LogP contribution >= 0.6 is 0 Å². The number of hydrogen-bond acceptors (Lipinski definition) is 5. The lowest BCUT2D eigenvalue weighted by molar-refractivity contribution is -0.118. The average molecular weight is 273 g/mol. The fourth-order valence-electron chi connectivity index (χ4n) is 1.96. The molecule has 2 heterocycles. The molecule has 1 amide bonds.